The van der Waals surface area contributed by atoms with Crippen molar-refractivity contribution >= 4 is 35.5 Å². The topological polar surface area (TPSA) is 163 Å². The molecule has 5 fully saturated rings. The SMILES string of the molecule is CCC(C)(CC(C#N)C1C(=O)N(c2ccccc2)C(=O)C1CC(C)(C)C(=O)O)C(=O)OCCNC(=O)OC1C2CC3CC(C2)CC1C3. The van der Waals surface area contributed by atoms with E-state index in [2.05, 4.69) is 11.4 Å². The molecule has 4 unspecified atom stereocenters. The van der Waals surface area contributed by atoms with Crippen LogP contribution in [0.5, 0.6) is 0 Å². The zero-order chi connectivity index (χ0) is 34.1. The molecule has 47 heavy (non-hydrogen) atoms. The molecule has 5 aliphatic rings. The molecule has 4 saturated carbocycles. The zero-order valence-corrected chi connectivity index (χ0v) is 27.8. The van der Waals surface area contributed by atoms with E-state index in [0.717, 1.165) is 42.4 Å². The van der Waals surface area contributed by atoms with Crippen LogP contribution in [0.1, 0.15) is 79.1 Å². The molecule has 2 N–H and O–H groups in total. The van der Waals surface area contributed by atoms with Gasteiger partial charge in [0.25, 0.3) is 0 Å². The number of hydrogen-bond acceptors (Lipinski definition) is 8. The Hall–Kier alpha value is -3.94. The number of nitrogens with one attached hydrogen (secondary N) is 1. The number of anilines is 1. The van der Waals surface area contributed by atoms with Crippen molar-refractivity contribution < 1.29 is 38.6 Å². The Morgan fingerprint density at radius 3 is 2.19 bits per heavy atom. The van der Waals surface area contributed by atoms with Gasteiger partial charge in [-0.1, -0.05) is 25.1 Å². The van der Waals surface area contributed by atoms with Crippen LogP contribution >= 0.6 is 0 Å². The third kappa shape index (κ3) is 7.02. The van der Waals surface area contributed by atoms with Crippen molar-refractivity contribution in [2.45, 2.75) is 85.2 Å². The van der Waals surface area contributed by atoms with Crippen molar-refractivity contribution in [1.82, 2.24) is 5.32 Å². The molecule has 4 bridgehead atoms. The highest BCUT2D eigenvalue weighted by Gasteiger charge is 2.55. The predicted octanol–water partition coefficient (Wildman–Crippen LogP) is 5.33. The second kappa shape index (κ2) is 13.7. The second-order valence-corrected chi connectivity index (χ2v) is 15.1. The molecule has 1 aromatic rings. The Kier molecular flexibility index (Phi) is 9.99. The number of carboxylic acid groups (broad SMARTS) is 1. The number of benzene rings is 1. The molecule has 4 atom stereocenters. The van der Waals surface area contributed by atoms with E-state index in [0.29, 0.717) is 17.5 Å². The first kappa shape index (κ1) is 34.4. The van der Waals surface area contributed by atoms with Crippen LogP contribution in [0, 0.1) is 63.6 Å². The van der Waals surface area contributed by atoms with Crippen molar-refractivity contribution in [3.8, 4) is 6.07 Å². The lowest BCUT2D eigenvalue weighted by Gasteiger charge is -2.53. The van der Waals surface area contributed by atoms with Gasteiger partial charge < -0.3 is 19.9 Å². The van der Waals surface area contributed by atoms with Crippen LogP contribution in [0.4, 0.5) is 10.5 Å². The summed E-state index contributed by atoms with van der Waals surface area (Å²) in [6, 6.07) is 10.5. The van der Waals surface area contributed by atoms with Crippen molar-refractivity contribution in [2.24, 2.45) is 52.3 Å². The minimum atomic E-state index is -1.34. The molecule has 1 aliphatic heterocycles. The van der Waals surface area contributed by atoms with E-state index in [9.17, 15) is 34.3 Å². The first-order valence-corrected chi connectivity index (χ1v) is 17.0. The summed E-state index contributed by atoms with van der Waals surface area (Å²) in [6.45, 7) is 6.36. The number of ether oxygens (including phenoxy) is 2. The van der Waals surface area contributed by atoms with Gasteiger partial charge in [-0.3, -0.25) is 24.1 Å². The smallest absolute Gasteiger partial charge is 0.407 e. The maximum atomic E-state index is 13.9. The molecule has 4 aliphatic carbocycles. The standard InChI is InChI=1S/C36H47N3O8/c1-5-36(4,33(44)46-12-11-38-34(45)47-29-23-14-21-13-22(16-23)17-24(29)15-21)18-25(20-37)28-27(19-35(2,3)32(42)43)30(40)39(31(28)41)26-9-7-6-8-10-26/h6-10,21-25,27-29H,5,11-19H2,1-4H3,(H,38,45)(H,42,43). The molecule has 0 radical (unpaired) electrons. The van der Waals surface area contributed by atoms with Gasteiger partial charge in [0, 0.05) is 0 Å². The molecule has 1 aromatic carbocycles. The number of para-hydroxylation sites is 1. The Bertz CT molecular complexity index is 1390. The summed E-state index contributed by atoms with van der Waals surface area (Å²) in [4.78, 5) is 66.6. The maximum Gasteiger partial charge on any atom is 0.407 e. The number of carbonyl (C=O) groups excluding carboxylic acids is 4. The van der Waals surface area contributed by atoms with Crippen LogP contribution in [0.15, 0.2) is 30.3 Å². The number of esters is 1. The number of carbonyl (C=O) groups is 5. The molecule has 6 rings (SSSR count). The van der Waals surface area contributed by atoms with E-state index in [4.69, 9.17) is 9.47 Å². The van der Waals surface area contributed by atoms with Gasteiger partial charge in [-0.2, -0.15) is 5.26 Å². The number of amides is 3. The van der Waals surface area contributed by atoms with Crippen LogP contribution in [-0.2, 0) is 28.7 Å². The number of alkyl carbamates (subject to hydrolysis) is 1. The fourth-order valence-corrected chi connectivity index (χ4v) is 8.70. The Morgan fingerprint density at radius 1 is 1.02 bits per heavy atom. The normalized spacial score (nSPS) is 29.9. The summed E-state index contributed by atoms with van der Waals surface area (Å²) in [6.07, 6.45) is 5.33. The lowest BCUT2D eigenvalue weighted by molar-refractivity contribution is -0.156. The minimum Gasteiger partial charge on any atom is -0.481 e. The lowest BCUT2D eigenvalue weighted by Crippen LogP contribution is -2.51. The average molecular weight is 650 g/mol. The summed E-state index contributed by atoms with van der Waals surface area (Å²) >= 11 is 0. The monoisotopic (exact) mass is 649 g/mol. The molecule has 3 amide bonds. The van der Waals surface area contributed by atoms with Gasteiger partial charge in [0.05, 0.1) is 46.9 Å². The lowest BCUT2D eigenvalue weighted by atomic mass is 9.55. The molecule has 0 spiro atoms. The highest BCUT2D eigenvalue weighted by molar-refractivity contribution is 6.22. The number of carboxylic acids is 1. The van der Waals surface area contributed by atoms with E-state index in [-0.39, 0.29) is 38.5 Å². The first-order chi connectivity index (χ1) is 22.3. The van der Waals surface area contributed by atoms with Crippen molar-refractivity contribution in [3.05, 3.63) is 30.3 Å². The summed E-state index contributed by atoms with van der Waals surface area (Å²) in [5.74, 6) is -3.74. The van der Waals surface area contributed by atoms with Gasteiger partial charge >= 0.3 is 18.0 Å². The molecular weight excluding hydrogens is 602 g/mol. The molecule has 1 saturated heterocycles. The number of rotatable bonds is 13. The number of aliphatic carboxylic acids is 1. The highest BCUT2D eigenvalue weighted by atomic mass is 16.6. The fraction of sp³-hybridized carbons (Fsp3) is 0.667. The minimum absolute atomic E-state index is 0.0513. The van der Waals surface area contributed by atoms with Crippen LogP contribution in [0.2, 0.25) is 0 Å². The van der Waals surface area contributed by atoms with Crippen LogP contribution in [0.25, 0.3) is 0 Å². The molecule has 11 nitrogen and oxygen atoms in total. The third-order valence-electron chi connectivity index (χ3n) is 11.3. The van der Waals surface area contributed by atoms with E-state index in [1.165, 1.54) is 20.3 Å². The second-order valence-electron chi connectivity index (χ2n) is 15.1. The van der Waals surface area contributed by atoms with Gasteiger partial charge in [-0.15, -0.1) is 0 Å². The van der Waals surface area contributed by atoms with Crippen molar-refractivity contribution in [1.29, 1.82) is 5.26 Å². The fourth-order valence-electron chi connectivity index (χ4n) is 8.70. The maximum absolute atomic E-state index is 13.9. The van der Waals surface area contributed by atoms with Gasteiger partial charge in [-0.05, 0) is 108 Å². The molecule has 254 valence electrons. The quantitative estimate of drug-likeness (QED) is 0.163. The van der Waals surface area contributed by atoms with Crippen LogP contribution < -0.4 is 10.2 Å². The predicted molar refractivity (Wildman–Crippen MR) is 170 cm³/mol. The van der Waals surface area contributed by atoms with E-state index in [1.54, 1.807) is 44.2 Å². The summed E-state index contributed by atoms with van der Waals surface area (Å²) in [5, 5.41) is 22.9. The number of imide groups is 1. The van der Waals surface area contributed by atoms with Crippen LogP contribution in [0.3, 0.4) is 0 Å². The van der Waals surface area contributed by atoms with E-state index < -0.39 is 58.4 Å². The van der Waals surface area contributed by atoms with Gasteiger partial charge in [0.2, 0.25) is 11.8 Å². The van der Waals surface area contributed by atoms with E-state index in [1.807, 2.05) is 0 Å². The molecule has 11 heteroatoms. The molecular formula is C36H47N3O8. The highest BCUT2D eigenvalue weighted by Crippen LogP contribution is 2.54. The Balaban J connectivity index is 1.21. The summed E-state index contributed by atoms with van der Waals surface area (Å²) in [5.41, 5.74) is -2.19. The number of nitrogens with zero attached hydrogens (tertiary/aromatic N) is 2. The number of nitriles is 1. The van der Waals surface area contributed by atoms with Gasteiger partial charge in [-0.25, -0.2) is 4.79 Å². The summed E-state index contributed by atoms with van der Waals surface area (Å²) in [7, 11) is 0. The largest absolute Gasteiger partial charge is 0.481 e. The average Bonchev–Trinajstić information content (AvgIpc) is 3.27. The van der Waals surface area contributed by atoms with Crippen LogP contribution in [-0.4, -0.2) is 54.2 Å². The Labute approximate surface area is 276 Å². The third-order valence-corrected chi connectivity index (χ3v) is 11.3. The van der Waals surface area contributed by atoms with E-state index >= 15 is 0 Å². The van der Waals surface area contributed by atoms with Gasteiger partial charge in [0.1, 0.15) is 12.7 Å². The molecule has 1 heterocycles. The number of hydrogen-bond donors (Lipinski definition) is 2. The van der Waals surface area contributed by atoms with Crippen molar-refractivity contribution in [2.75, 3.05) is 18.1 Å². The zero-order valence-electron chi connectivity index (χ0n) is 27.8. The first-order valence-electron chi connectivity index (χ1n) is 17.0. The van der Waals surface area contributed by atoms with Gasteiger partial charge in [0.15, 0.2) is 0 Å². The Morgan fingerprint density at radius 2 is 1.64 bits per heavy atom. The van der Waals surface area contributed by atoms with Crippen molar-refractivity contribution in [3.63, 3.8) is 0 Å². The summed E-state index contributed by atoms with van der Waals surface area (Å²) < 4.78 is 11.4. The molecule has 0 aromatic heterocycles.